The number of nitrogens with zero attached hydrogens (tertiary/aromatic N) is 4. The van der Waals surface area contributed by atoms with E-state index in [0.717, 1.165) is 19.3 Å². The zero-order valence-corrected chi connectivity index (χ0v) is 16.7. The van der Waals surface area contributed by atoms with Crippen molar-refractivity contribution in [3.8, 4) is 5.69 Å². The number of aromatic nitrogens is 3. The highest BCUT2D eigenvalue weighted by Gasteiger charge is 2.28. The Balaban J connectivity index is 1.74. The molecule has 28 heavy (non-hydrogen) atoms. The molecule has 1 N–H and O–H groups in total. The van der Waals surface area contributed by atoms with Crippen molar-refractivity contribution < 1.29 is 14.0 Å². The SMILES string of the molecule is CCCC(=O)NC1CCCN(C(=O)c2nnn(-c3ccc(F)c(Cl)c3)c2C)C1. The van der Waals surface area contributed by atoms with Crippen molar-refractivity contribution in [3.05, 3.63) is 40.4 Å². The third-order valence-corrected chi connectivity index (χ3v) is 5.09. The predicted octanol–water partition coefficient (Wildman–Crippen LogP) is 2.89. The number of hydrogen-bond acceptors (Lipinski definition) is 4. The van der Waals surface area contributed by atoms with Gasteiger partial charge in [0.25, 0.3) is 5.91 Å². The molecule has 150 valence electrons. The van der Waals surface area contributed by atoms with E-state index in [9.17, 15) is 14.0 Å². The minimum absolute atomic E-state index is 0.0112. The average molecular weight is 408 g/mol. The van der Waals surface area contributed by atoms with Gasteiger partial charge < -0.3 is 10.2 Å². The van der Waals surface area contributed by atoms with Gasteiger partial charge in [0.05, 0.1) is 16.4 Å². The average Bonchev–Trinajstić information content (AvgIpc) is 3.05. The molecule has 1 atom stereocenters. The first-order valence-electron chi connectivity index (χ1n) is 9.37. The summed E-state index contributed by atoms with van der Waals surface area (Å²) in [5.74, 6) is -0.743. The summed E-state index contributed by atoms with van der Waals surface area (Å²) in [6.45, 7) is 4.74. The quantitative estimate of drug-likeness (QED) is 0.826. The molecule has 1 unspecified atom stereocenters. The molecule has 9 heteroatoms. The van der Waals surface area contributed by atoms with Gasteiger partial charge >= 0.3 is 0 Å². The molecule has 2 amide bonds. The van der Waals surface area contributed by atoms with Crippen molar-refractivity contribution >= 4 is 23.4 Å². The molecule has 1 aliphatic rings. The summed E-state index contributed by atoms with van der Waals surface area (Å²) in [6.07, 6.45) is 2.93. The summed E-state index contributed by atoms with van der Waals surface area (Å²) in [5.41, 5.74) is 1.31. The third-order valence-electron chi connectivity index (χ3n) is 4.80. The van der Waals surface area contributed by atoms with E-state index < -0.39 is 5.82 Å². The van der Waals surface area contributed by atoms with Crippen molar-refractivity contribution in [1.82, 2.24) is 25.2 Å². The van der Waals surface area contributed by atoms with Crippen molar-refractivity contribution in [2.45, 2.75) is 45.6 Å². The number of amides is 2. The highest BCUT2D eigenvalue weighted by Crippen LogP contribution is 2.21. The second kappa shape index (κ2) is 8.68. The van der Waals surface area contributed by atoms with Crippen LogP contribution in [0, 0.1) is 12.7 Å². The van der Waals surface area contributed by atoms with E-state index in [2.05, 4.69) is 15.6 Å². The number of benzene rings is 1. The lowest BCUT2D eigenvalue weighted by Gasteiger charge is -2.32. The molecule has 1 aromatic heterocycles. The van der Waals surface area contributed by atoms with Crippen LogP contribution in [0.4, 0.5) is 4.39 Å². The fraction of sp³-hybridized carbons (Fsp3) is 0.474. The molecule has 3 rings (SSSR count). The Morgan fingerprint density at radius 3 is 2.89 bits per heavy atom. The maximum Gasteiger partial charge on any atom is 0.276 e. The lowest BCUT2D eigenvalue weighted by Crippen LogP contribution is -2.49. The predicted molar refractivity (Wildman–Crippen MR) is 103 cm³/mol. The van der Waals surface area contributed by atoms with E-state index >= 15 is 0 Å². The number of halogens is 2. The van der Waals surface area contributed by atoms with Gasteiger partial charge in [0.1, 0.15) is 5.82 Å². The number of carbonyl (C=O) groups is 2. The second-order valence-electron chi connectivity index (χ2n) is 6.94. The molecule has 0 radical (unpaired) electrons. The van der Waals surface area contributed by atoms with E-state index in [1.54, 1.807) is 11.8 Å². The topological polar surface area (TPSA) is 80.1 Å². The first kappa shape index (κ1) is 20.3. The van der Waals surface area contributed by atoms with Crippen LogP contribution in [0.25, 0.3) is 5.69 Å². The van der Waals surface area contributed by atoms with Crippen LogP contribution < -0.4 is 5.32 Å². The minimum atomic E-state index is -0.524. The summed E-state index contributed by atoms with van der Waals surface area (Å²) in [4.78, 5) is 26.5. The highest BCUT2D eigenvalue weighted by atomic mass is 35.5. The largest absolute Gasteiger partial charge is 0.352 e. The molecule has 2 heterocycles. The Bertz CT molecular complexity index is 885. The molecule has 0 bridgehead atoms. The van der Waals surface area contributed by atoms with E-state index in [0.29, 0.717) is 30.9 Å². The van der Waals surface area contributed by atoms with Crippen LogP contribution in [0.5, 0.6) is 0 Å². The Hall–Kier alpha value is -2.48. The molecule has 0 aliphatic carbocycles. The number of rotatable bonds is 5. The molecule has 1 fully saturated rings. The molecule has 0 spiro atoms. The summed E-state index contributed by atoms with van der Waals surface area (Å²) in [5, 5.41) is 11.0. The Morgan fingerprint density at radius 2 is 2.18 bits per heavy atom. The monoisotopic (exact) mass is 407 g/mol. The van der Waals surface area contributed by atoms with Gasteiger partial charge in [-0.05, 0) is 44.4 Å². The number of piperidine rings is 1. The van der Waals surface area contributed by atoms with Crippen LogP contribution in [-0.2, 0) is 4.79 Å². The smallest absolute Gasteiger partial charge is 0.276 e. The Morgan fingerprint density at radius 1 is 1.39 bits per heavy atom. The fourth-order valence-corrected chi connectivity index (χ4v) is 3.52. The molecule has 1 aromatic carbocycles. The van der Waals surface area contributed by atoms with Crippen LogP contribution in [0.15, 0.2) is 18.2 Å². The molecular formula is C19H23ClFN5O2. The summed E-state index contributed by atoms with van der Waals surface area (Å²) < 4.78 is 14.9. The summed E-state index contributed by atoms with van der Waals surface area (Å²) in [6, 6.07) is 4.15. The maximum absolute atomic E-state index is 13.4. The van der Waals surface area contributed by atoms with E-state index in [-0.39, 0.29) is 28.6 Å². The number of hydrogen-bond donors (Lipinski definition) is 1. The first-order chi connectivity index (χ1) is 13.4. The van der Waals surface area contributed by atoms with Gasteiger partial charge in [0.15, 0.2) is 5.69 Å². The second-order valence-corrected chi connectivity index (χ2v) is 7.35. The zero-order valence-electron chi connectivity index (χ0n) is 15.9. The van der Waals surface area contributed by atoms with E-state index in [4.69, 9.17) is 11.6 Å². The number of nitrogens with one attached hydrogen (secondary N) is 1. The van der Waals surface area contributed by atoms with Crippen LogP contribution in [0.2, 0.25) is 5.02 Å². The van der Waals surface area contributed by atoms with Gasteiger partial charge in [0, 0.05) is 25.6 Å². The standard InChI is InChI=1S/C19H23ClFN5O2/c1-3-5-17(27)22-13-6-4-9-25(11-13)19(28)18-12(2)26(24-23-18)14-7-8-16(21)15(20)10-14/h7-8,10,13H,3-6,9,11H2,1-2H3,(H,22,27). The molecule has 1 aliphatic heterocycles. The Labute approximate surface area is 167 Å². The lowest BCUT2D eigenvalue weighted by atomic mass is 10.0. The zero-order chi connectivity index (χ0) is 20.3. The lowest BCUT2D eigenvalue weighted by molar-refractivity contribution is -0.122. The molecule has 2 aromatic rings. The van der Waals surface area contributed by atoms with Crippen LogP contribution in [0.3, 0.4) is 0 Å². The third kappa shape index (κ3) is 4.32. The number of likely N-dealkylation sites (tertiary alicyclic amines) is 1. The van der Waals surface area contributed by atoms with Crippen LogP contribution in [-0.4, -0.2) is 50.8 Å². The van der Waals surface area contributed by atoms with Gasteiger partial charge in [-0.25, -0.2) is 9.07 Å². The van der Waals surface area contributed by atoms with Crippen molar-refractivity contribution in [1.29, 1.82) is 0 Å². The van der Waals surface area contributed by atoms with E-state index in [1.165, 1.54) is 22.9 Å². The van der Waals surface area contributed by atoms with Gasteiger partial charge in [0.2, 0.25) is 5.91 Å². The van der Waals surface area contributed by atoms with Gasteiger partial charge in [-0.15, -0.1) is 5.10 Å². The molecule has 1 saturated heterocycles. The van der Waals surface area contributed by atoms with Crippen molar-refractivity contribution in [3.63, 3.8) is 0 Å². The molecule has 0 saturated carbocycles. The summed E-state index contributed by atoms with van der Waals surface area (Å²) >= 11 is 5.84. The van der Waals surface area contributed by atoms with E-state index in [1.807, 2.05) is 6.92 Å². The fourth-order valence-electron chi connectivity index (χ4n) is 3.34. The maximum atomic E-state index is 13.4. The Kier molecular flexibility index (Phi) is 6.28. The van der Waals surface area contributed by atoms with Gasteiger partial charge in [-0.3, -0.25) is 9.59 Å². The normalized spacial score (nSPS) is 16.9. The summed E-state index contributed by atoms with van der Waals surface area (Å²) in [7, 11) is 0. The van der Waals surface area contributed by atoms with Crippen LogP contribution >= 0.6 is 11.6 Å². The highest BCUT2D eigenvalue weighted by molar-refractivity contribution is 6.30. The molecular weight excluding hydrogens is 385 g/mol. The van der Waals surface area contributed by atoms with Crippen LogP contribution in [0.1, 0.15) is 48.8 Å². The van der Waals surface area contributed by atoms with Gasteiger partial charge in [-0.2, -0.15) is 0 Å². The van der Waals surface area contributed by atoms with Gasteiger partial charge in [-0.1, -0.05) is 23.7 Å². The molecule has 7 nitrogen and oxygen atoms in total. The first-order valence-corrected chi connectivity index (χ1v) is 9.74. The minimum Gasteiger partial charge on any atom is -0.352 e. The van der Waals surface area contributed by atoms with Crippen molar-refractivity contribution in [2.75, 3.05) is 13.1 Å². The van der Waals surface area contributed by atoms with Crippen molar-refractivity contribution in [2.24, 2.45) is 0 Å². The number of carbonyl (C=O) groups excluding carboxylic acids is 2.